The number of ether oxygens (including phenoxy) is 2. The van der Waals surface area contributed by atoms with Crippen molar-refractivity contribution in [2.75, 3.05) is 39.5 Å². The molecule has 0 aromatic heterocycles. The molecule has 1 aromatic rings. The van der Waals surface area contributed by atoms with Gasteiger partial charge in [-0.05, 0) is 24.0 Å². The van der Waals surface area contributed by atoms with E-state index in [9.17, 15) is 0 Å². The third kappa shape index (κ3) is 5.19. The number of hydrogen-bond acceptors (Lipinski definition) is 4. The summed E-state index contributed by atoms with van der Waals surface area (Å²) in [6.45, 7) is 6.76. The summed E-state index contributed by atoms with van der Waals surface area (Å²) in [4.78, 5) is 6.92. The highest BCUT2D eigenvalue weighted by Crippen LogP contribution is 2.14. The molecule has 0 saturated carbocycles. The molecule has 132 valence electrons. The Bertz CT molecular complexity index is 538. The minimum atomic E-state index is 0.271. The Hall–Kier alpha value is -1.63. The molecular formula is C18H28N4O2. The van der Waals surface area contributed by atoms with Crippen LogP contribution in [-0.4, -0.2) is 56.4 Å². The zero-order chi connectivity index (χ0) is 16.6. The molecule has 1 atom stereocenters. The highest BCUT2D eigenvalue weighted by atomic mass is 16.5. The van der Waals surface area contributed by atoms with Gasteiger partial charge in [0.2, 0.25) is 0 Å². The normalized spacial score (nSPS) is 22.7. The Morgan fingerprint density at radius 3 is 2.75 bits per heavy atom. The van der Waals surface area contributed by atoms with E-state index in [1.54, 1.807) is 0 Å². The first-order valence-corrected chi connectivity index (χ1v) is 8.83. The fourth-order valence-electron chi connectivity index (χ4n) is 3.12. The van der Waals surface area contributed by atoms with Gasteiger partial charge in [0.1, 0.15) is 0 Å². The van der Waals surface area contributed by atoms with E-state index in [-0.39, 0.29) is 6.10 Å². The number of guanidine groups is 1. The van der Waals surface area contributed by atoms with Crippen LogP contribution in [0, 0.1) is 0 Å². The highest BCUT2D eigenvalue weighted by Gasteiger charge is 2.15. The van der Waals surface area contributed by atoms with Gasteiger partial charge < -0.3 is 20.5 Å². The number of aliphatic imine (C=N–C) groups is 1. The molecule has 3 rings (SSSR count). The maximum Gasteiger partial charge on any atom is 0.189 e. The maximum absolute atomic E-state index is 5.99. The van der Waals surface area contributed by atoms with Crippen molar-refractivity contribution < 1.29 is 9.47 Å². The minimum Gasteiger partial charge on any atom is -0.379 e. The predicted octanol–water partition coefficient (Wildman–Crippen LogP) is 1.10. The van der Waals surface area contributed by atoms with E-state index in [4.69, 9.17) is 15.2 Å². The topological polar surface area (TPSA) is 72.1 Å². The summed E-state index contributed by atoms with van der Waals surface area (Å²) in [7, 11) is 0. The van der Waals surface area contributed by atoms with Crippen LogP contribution in [0.5, 0.6) is 0 Å². The molecule has 2 heterocycles. The molecule has 0 aliphatic carbocycles. The van der Waals surface area contributed by atoms with E-state index < -0.39 is 0 Å². The first kappa shape index (κ1) is 17.2. The average molecular weight is 332 g/mol. The van der Waals surface area contributed by atoms with E-state index in [0.717, 1.165) is 58.8 Å². The smallest absolute Gasteiger partial charge is 0.189 e. The highest BCUT2D eigenvalue weighted by molar-refractivity contribution is 5.77. The van der Waals surface area contributed by atoms with Crippen molar-refractivity contribution in [2.24, 2.45) is 10.7 Å². The summed E-state index contributed by atoms with van der Waals surface area (Å²) in [6, 6.07) is 8.45. The molecule has 0 bridgehead atoms. The molecule has 0 unspecified atom stereocenters. The average Bonchev–Trinajstić information content (AvgIpc) is 3.14. The molecule has 24 heavy (non-hydrogen) atoms. The molecule has 6 nitrogen and oxygen atoms in total. The number of rotatable bonds is 6. The second-order valence-corrected chi connectivity index (χ2v) is 6.37. The Labute approximate surface area is 144 Å². The Kier molecular flexibility index (Phi) is 6.46. The quantitative estimate of drug-likeness (QED) is 0.603. The molecule has 0 spiro atoms. The molecule has 2 saturated heterocycles. The van der Waals surface area contributed by atoms with Crippen LogP contribution in [0.2, 0.25) is 0 Å². The summed E-state index contributed by atoms with van der Waals surface area (Å²) in [5.41, 5.74) is 8.53. The van der Waals surface area contributed by atoms with Crippen LogP contribution in [0.3, 0.4) is 0 Å². The lowest BCUT2D eigenvalue weighted by Crippen LogP contribution is -2.37. The molecule has 2 fully saturated rings. The van der Waals surface area contributed by atoms with Crippen LogP contribution in [-0.2, 0) is 22.6 Å². The first-order chi connectivity index (χ1) is 11.8. The number of nitrogens with one attached hydrogen (secondary N) is 1. The molecule has 3 N–H and O–H groups in total. The van der Waals surface area contributed by atoms with Crippen molar-refractivity contribution in [3.63, 3.8) is 0 Å². The van der Waals surface area contributed by atoms with Crippen LogP contribution < -0.4 is 11.1 Å². The zero-order valence-corrected chi connectivity index (χ0v) is 14.2. The first-order valence-electron chi connectivity index (χ1n) is 8.83. The van der Waals surface area contributed by atoms with Gasteiger partial charge in [-0.1, -0.05) is 24.3 Å². The van der Waals surface area contributed by atoms with E-state index >= 15 is 0 Å². The third-order valence-electron chi connectivity index (χ3n) is 4.57. The number of benzene rings is 1. The number of hydrogen-bond donors (Lipinski definition) is 2. The second-order valence-electron chi connectivity index (χ2n) is 6.37. The van der Waals surface area contributed by atoms with Crippen molar-refractivity contribution in [1.29, 1.82) is 0 Å². The lowest BCUT2D eigenvalue weighted by molar-refractivity contribution is 0.0341. The van der Waals surface area contributed by atoms with Crippen LogP contribution >= 0.6 is 0 Å². The monoisotopic (exact) mass is 332 g/mol. The SMILES string of the molecule is NC(=NCc1ccccc1CN1CCOCC1)NC[C@H]1CCCO1. The van der Waals surface area contributed by atoms with Gasteiger partial charge in [0.25, 0.3) is 0 Å². The van der Waals surface area contributed by atoms with E-state index in [1.807, 2.05) is 0 Å². The molecule has 6 heteroatoms. The van der Waals surface area contributed by atoms with Gasteiger partial charge in [0.05, 0.1) is 25.9 Å². The van der Waals surface area contributed by atoms with Gasteiger partial charge in [-0.15, -0.1) is 0 Å². The van der Waals surface area contributed by atoms with Crippen LogP contribution in [0.4, 0.5) is 0 Å². The Morgan fingerprint density at radius 1 is 1.21 bits per heavy atom. The molecule has 1 aromatic carbocycles. The Morgan fingerprint density at radius 2 is 2.00 bits per heavy atom. The molecular weight excluding hydrogens is 304 g/mol. The fourth-order valence-corrected chi connectivity index (χ4v) is 3.12. The summed E-state index contributed by atoms with van der Waals surface area (Å²) in [6.07, 6.45) is 2.51. The largest absolute Gasteiger partial charge is 0.379 e. The molecule has 2 aliphatic heterocycles. The Balaban J connectivity index is 1.52. The number of morpholine rings is 1. The van der Waals surface area contributed by atoms with E-state index in [2.05, 4.69) is 39.5 Å². The van der Waals surface area contributed by atoms with Crippen LogP contribution in [0.15, 0.2) is 29.3 Å². The molecule has 2 aliphatic rings. The minimum absolute atomic E-state index is 0.271. The summed E-state index contributed by atoms with van der Waals surface area (Å²) in [5, 5.41) is 3.17. The van der Waals surface area contributed by atoms with Crippen LogP contribution in [0.1, 0.15) is 24.0 Å². The van der Waals surface area contributed by atoms with E-state index in [0.29, 0.717) is 12.5 Å². The van der Waals surface area contributed by atoms with Crippen molar-refractivity contribution in [3.8, 4) is 0 Å². The number of nitrogens with zero attached hydrogens (tertiary/aromatic N) is 2. The molecule has 0 amide bonds. The molecule has 0 radical (unpaired) electrons. The fraction of sp³-hybridized carbons (Fsp3) is 0.611. The van der Waals surface area contributed by atoms with E-state index in [1.165, 1.54) is 11.1 Å². The second kappa shape index (κ2) is 9.01. The van der Waals surface area contributed by atoms with Crippen LogP contribution in [0.25, 0.3) is 0 Å². The zero-order valence-electron chi connectivity index (χ0n) is 14.2. The van der Waals surface area contributed by atoms with Gasteiger partial charge in [-0.25, -0.2) is 4.99 Å². The lowest BCUT2D eigenvalue weighted by Gasteiger charge is -2.27. The van der Waals surface area contributed by atoms with Gasteiger partial charge in [-0.2, -0.15) is 0 Å². The van der Waals surface area contributed by atoms with Crippen molar-refractivity contribution in [1.82, 2.24) is 10.2 Å². The van der Waals surface area contributed by atoms with Gasteiger partial charge in [0, 0.05) is 32.8 Å². The predicted molar refractivity (Wildman–Crippen MR) is 94.8 cm³/mol. The standard InChI is InChI=1S/C18H28N4O2/c19-18(21-13-17-6-3-9-24-17)20-12-15-4-1-2-5-16(15)14-22-7-10-23-11-8-22/h1-2,4-5,17H,3,6-14H2,(H3,19,20,21)/t17-/m1/s1. The van der Waals surface area contributed by atoms with Gasteiger partial charge >= 0.3 is 0 Å². The summed E-state index contributed by atoms with van der Waals surface area (Å²) in [5.74, 6) is 0.492. The number of nitrogens with two attached hydrogens (primary N) is 1. The lowest BCUT2D eigenvalue weighted by atomic mass is 10.1. The van der Waals surface area contributed by atoms with Gasteiger partial charge in [0.15, 0.2) is 5.96 Å². The third-order valence-corrected chi connectivity index (χ3v) is 4.57. The summed E-state index contributed by atoms with van der Waals surface area (Å²) >= 11 is 0. The maximum atomic E-state index is 5.99. The van der Waals surface area contributed by atoms with Crippen molar-refractivity contribution >= 4 is 5.96 Å². The van der Waals surface area contributed by atoms with Crippen molar-refractivity contribution in [3.05, 3.63) is 35.4 Å². The van der Waals surface area contributed by atoms with Gasteiger partial charge in [-0.3, -0.25) is 4.90 Å². The van der Waals surface area contributed by atoms with Crippen molar-refractivity contribution in [2.45, 2.75) is 32.0 Å². The summed E-state index contributed by atoms with van der Waals surface area (Å²) < 4.78 is 11.0.